The van der Waals surface area contributed by atoms with Gasteiger partial charge in [-0.2, -0.15) is 0 Å². The summed E-state index contributed by atoms with van der Waals surface area (Å²) in [6.45, 7) is 6.44. The first kappa shape index (κ1) is 55.4. The minimum absolute atomic E-state index is 0.0985. The fourth-order valence-corrected chi connectivity index (χ4v) is 6.93. The minimum atomic E-state index is -0.804. The van der Waals surface area contributed by atoms with E-state index < -0.39 is 6.10 Å². The predicted molar refractivity (Wildman–Crippen MR) is 247 cm³/mol. The molecule has 0 saturated heterocycles. The second kappa shape index (κ2) is 47.1. The highest BCUT2D eigenvalue weighted by Gasteiger charge is 2.19. The van der Waals surface area contributed by atoms with E-state index in [1.807, 2.05) is 12.2 Å². The summed E-state index contributed by atoms with van der Waals surface area (Å²) in [7, 11) is 0. The van der Waals surface area contributed by atoms with Crippen LogP contribution in [0.4, 0.5) is 0 Å². The van der Waals surface area contributed by atoms with Crippen molar-refractivity contribution in [2.75, 3.05) is 13.2 Å². The molecule has 0 aliphatic heterocycles. The van der Waals surface area contributed by atoms with Gasteiger partial charge < -0.3 is 14.2 Å². The molecule has 0 heterocycles. The molecule has 336 valence electrons. The zero-order valence-corrected chi connectivity index (χ0v) is 38.3. The summed E-state index contributed by atoms with van der Waals surface area (Å²) in [6, 6.07) is 0. The third-order valence-corrected chi connectivity index (χ3v) is 10.6. The maximum atomic E-state index is 12.7. The molecular formula is C52H92O6. The average Bonchev–Trinajstić information content (AvgIpc) is 3.22. The average molecular weight is 813 g/mol. The van der Waals surface area contributed by atoms with Gasteiger partial charge in [0.05, 0.1) is 0 Å². The van der Waals surface area contributed by atoms with E-state index in [0.29, 0.717) is 19.3 Å². The van der Waals surface area contributed by atoms with Crippen molar-refractivity contribution in [3.63, 3.8) is 0 Å². The first-order chi connectivity index (χ1) is 28.5. The summed E-state index contributed by atoms with van der Waals surface area (Å²) < 4.78 is 16.6. The molecule has 0 aromatic carbocycles. The quantitative estimate of drug-likeness (QED) is 0.0264. The molecule has 0 rings (SSSR count). The second-order valence-corrected chi connectivity index (χ2v) is 16.4. The van der Waals surface area contributed by atoms with Crippen molar-refractivity contribution >= 4 is 17.9 Å². The number of allylic oxidation sites excluding steroid dienone is 8. The van der Waals surface area contributed by atoms with E-state index in [1.54, 1.807) is 0 Å². The zero-order chi connectivity index (χ0) is 42.3. The van der Waals surface area contributed by atoms with E-state index in [1.165, 1.54) is 135 Å². The Bertz CT molecular complexity index is 1030. The summed E-state index contributed by atoms with van der Waals surface area (Å²) in [6.07, 6.45) is 55.5. The third kappa shape index (κ3) is 44.5. The largest absolute Gasteiger partial charge is 0.462 e. The molecule has 0 aromatic heterocycles. The smallest absolute Gasteiger partial charge is 0.306 e. The van der Waals surface area contributed by atoms with Crippen molar-refractivity contribution in [1.82, 2.24) is 0 Å². The van der Waals surface area contributed by atoms with Gasteiger partial charge in [0.15, 0.2) is 6.10 Å². The van der Waals surface area contributed by atoms with Crippen LogP contribution in [0.15, 0.2) is 48.6 Å². The summed E-state index contributed by atoms with van der Waals surface area (Å²) in [5.41, 5.74) is 0. The molecule has 0 aliphatic rings. The van der Waals surface area contributed by atoms with E-state index in [2.05, 4.69) is 57.2 Å². The Kier molecular flexibility index (Phi) is 44.9. The molecule has 0 bridgehead atoms. The van der Waals surface area contributed by atoms with Crippen molar-refractivity contribution in [3.8, 4) is 0 Å². The number of hydrogen-bond acceptors (Lipinski definition) is 6. The molecule has 0 aromatic rings. The Morgan fingerprint density at radius 1 is 0.362 bits per heavy atom. The van der Waals surface area contributed by atoms with Crippen molar-refractivity contribution in [1.29, 1.82) is 0 Å². The number of carbonyl (C=O) groups is 3. The van der Waals surface area contributed by atoms with Gasteiger partial charge in [0.1, 0.15) is 13.2 Å². The zero-order valence-electron chi connectivity index (χ0n) is 38.3. The van der Waals surface area contributed by atoms with Crippen LogP contribution >= 0.6 is 0 Å². The molecule has 0 saturated carbocycles. The molecule has 0 aliphatic carbocycles. The van der Waals surface area contributed by atoms with Crippen LogP contribution in [0.2, 0.25) is 0 Å². The molecule has 1 unspecified atom stereocenters. The monoisotopic (exact) mass is 813 g/mol. The number of hydrogen-bond donors (Lipinski definition) is 0. The fourth-order valence-electron chi connectivity index (χ4n) is 6.93. The van der Waals surface area contributed by atoms with Crippen molar-refractivity contribution in [2.45, 2.75) is 252 Å². The van der Waals surface area contributed by atoms with Crippen LogP contribution in [0, 0.1) is 0 Å². The first-order valence-electron chi connectivity index (χ1n) is 24.6. The highest BCUT2D eigenvalue weighted by Crippen LogP contribution is 2.16. The Balaban J connectivity index is 4.31. The van der Waals surface area contributed by atoms with Crippen LogP contribution < -0.4 is 0 Å². The van der Waals surface area contributed by atoms with E-state index in [-0.39, 0.29) is 37.5 Å². The number of ether oxygens (including phenoxy) is 3. The second-order valence-electron chi connectivity index (χ2n) is 16.4. The standard InChI is InChI=1S/C52H92O6/c1-4-7-10-13-16-19-21-23-24-25-26-27-28-30-31-33-36-39-42-45-51(54)57-48-49(47-56-50(53)44-41-38-35-18-15-12-9-6-3)58-52(55)46-43-40-37-34-32-29-22-20-17-14-11-8-5-2/h8,11,17,20,29,32,37,40,49H,4-7,9-10,12-16,18-19,21-28,30-31,33-36,38-39,41-48H2,1-3H3/b11-8-,20-17-,32-29-,40-37-. The van der Waals surface area contributed by atoms with Crippen LogP contribution in [0.25, 0.3) is 0 Å². The lowest BCUT2D eigenvalue weighted by Gasteiger charge is -2.18. The Morgan fingerprint density at radius 3 is 1.02 bits per heavy atom. The molecule has 0 radical (unpaired) electrons. The Labute approximate surface area is 358 Å². The van der Waals surface area contributed by atoms with Crippen LogP contribution in [-0.4, -0.2) is 37.2 Å². The van der Waals surface area contributed by atoms with Crippen molar-refractivity contribution in [2.24, 2.45) is 0 Å². The van der Waals surface area contributed by atoms with Gasteiger partial charge in [0, 0.05) is 19.3 Å². The third-order valence-electron chi connectivity index (χ3n) is 10.6. The fraction of sp³-hybridized carbons (Fsp3) is 0.788. The lowest BCUT2D eigenvalue weighted by molar-refractivity contribution is -0.166. The van der Waals surface area contributed by atoms with Crippen LogP contribution in [0.5, 0.6) is 0 Å². The molecule has 6 nitrogen and oxygen atoms in total. The summed E-state index contributed by atoms with van der Waals surface area (Å²) >= 11 is 0. The summed E-state index contributed by atoms with van der Waals surface area (Å²) in [5, 5.41) is 0. The van der Waals surface area contributed by atoms with E-state index in [0.717, 1.165) is 64.2 Å². The molecule has 0 amide bonds. The van der Waals surface area contributed by atoms with Gasteiger partial charge in [-0.05, 0) is 44.9 Å². The van der Waals surface area contributed by atoms with Crippen molar-refractivity contribution < 1.29 is 28.6 Å². The SMILES string of the molecule is CC/C=C\C/C=C\C/C=C\C/C=C\CCC(=O)OC(COC(=O)CCCCCCCCCC)COC(=O)CCCCCCCCCCCCCCCCCCCCC. The molecule has 0 fully saturated rings. The lowest BCUT2D eigenvalue weighted by Crippen LogP contribution is -2.30. The van der Waals surface area contributed by atoms with Crippen molar-refractivity contribution in [3.05, 3.63) is 48.6 Å². The molecule has 0 spiro atoms. The minimum Gasteiger partial charge on any atom is -0.462 e. The maximum Gasteiger partial charge on any atom is 0.306 e. The summed E-state index contributed by atoms with van der Waals surface area (Å²) in [5.74, 6) is -0.980. The maximum absolute atomic E-state index is 12.7. The normalized spacial score (nSPS) is 12.4. The van der Waals surface area contributed by atoms with Gasteiger partial charge in [-0.1, -0.05) is 230 Å². The summed E-state index contributed by atoms with van der Waals surface area (Å²) in [4.78, 5) is 37.7. The van der Waals surface area contributed by atoms with Gasteiger partial charge in [-0.3, -0.25) is 14.4 Å². The van der Waals surface area contributed by atoms with Gasteiger partial charge in [0.2, 0.25) is 0 Å². The Hall–Kier alpha value is -2.63. The molecule has 6 heteroatoms. The van der Waals surface area contributed by atoms with E-state index in [9.17, 15) is 14.4 Å². The van der Waals surface area contributed by atoms with Gasteiger partial charge in [0.25, 0.3) is 0 Å². The van der Waals surface area contributed by atoms with Gasteiger partial charge in [-0.25, -0.2) is 0 Å². The highest BCUT2D eigenvalue weighted by molar-refractivity contribution is 5.71. The van der Waals surface area contributed by atoms with Gasteiger partial charge in [-0.15, -0.1) is 0 Å². The Morgan fingerprint density at radius 2 is 0.672 bits per heavy atom. The number of carbonyl (C=O) groups excluding carboxylic acids is 3. The van der Waals surface area contributed by atoms with E-state index >= 15 is 0 Å². The predicted octanol–water partition coefficient (Wildman–Crippen LogP) is 15.9. The lowest BCUT2D eigenvalue weighted by atomic mass is 10.0. The van der Waals surface area contributed by atoms with Crippen LogP contribution in [-0.2, 0) is 28.6 Å². The topological polar surface area (TPSA) is 78.9 Å². The highest BCUT2D eigenvalue weighted by atomic mass is 16.6. The van der Waals surface area contributed by atoms with Gasteiger partial charge >= 0.3 is 17.9 Å². The number of esters is 3. The molecule has 1 atom stereocenters. The molecule has 0 N–H and O–H groups in total. The van der Waals surface area contributed by atoms with E-state index in [4.69, 9.17) is 14.2 Å². The number of rotatable bonds is 44. The van der Waals surface area contributed by atoms with Crippen LogP contribution in [0.1, 0.15) is 245 Å². The molecule has 58 heavy (non-hydrogen) atoms. The van der Waals surface area contributed by atoms with Crippen LogP contribution in [0.3, 0.4) is 0 Å². The molecular weight excluding hydrogens is 721 g/mol. The first-order valence-corrected chi connectivity index (χ1v) is 24.6. The number of unbranched alkanes of at least 4 members (excludes halogenated alkanes) is 25.